The fourth-order valence-electron chi connectivity index (χ4n) is 3.76. The molecule has 5 heteroatoms. The van der Waals surface area contributed by atoms with Crippen LogP contribution in [0, 0.1) is 5.92 Å². The normalized spacial score (nSPS) is 15.3. The van der Waals surface area contributed by atoms with Crippen molar-refractivity contribution in [1.82, 2.24) is 10.2 Å². The number of hydrogen-bond acceptors (Lipinski definition) is 4. The van der Waals surface area contributed by atoms with E-state index in [0.29, 0.717) is 18.5 Å². The summed E-state index contributed by atoms with van der Waals surface area (Å²) in [5, 5.41) is 4.10. The van der Waals surface area contributed by atoms with Crippen LogP contribution in [0.1, 0.15) is 38.0 Å². The number of amides is 1. The van der Waals surface area contributed by atoms with E-state index in [9.17, 15) is 4.79 Å². The van der Waals surface area contributed by atoms with Crippen LogP contribution in [0.25, 0.3) is 11.0 Å². The molecule has 1 aliphatic rings. The van der Waals surface area contributed by atoms with Gasteiger partial charge in [0.1, 0.15) is 17.1 Å². The first-order valence-electron chi connectivity index (χ1n) is 9.56. The van der Waals surface area contributed by atoms with E-state index in [0.717, 1.165) is 35.3 Å². The van der Waals surface area contributed by atoms with Gasteiger partial charge in [0, 0.05) is 30.0 Å². The third-order valence-electron chi connectivity index (χ3n) is 5.24. The Kier molecular flexibility index (Phi) is 5.87. The number of carbonyl (C=O) groups excluding carboxylic acids is 1. The lowest BCUT2D eigenvalue weighted by Crippen LogP contribution is -2.44. The first kappa shape index (κ1) is 18.8. The highest BCUT2D eigenvalue weighted by atomic mass is 16.5. The molecular formula is C21H30N2O3. The van der Waals surface area contributed by atoms with E-state index in [1.807, 2.05) is 32.3 Å². The van der Waals surface area contributed by atoms with Gasteiger partial charge in [-0.3, -0.25) is 4.79 Å². The molecule has 0 spiro atoms. The van der Waals surface area contributed by atoms with Crippen LogP contribution in [0.4, 0.5) is 0 Å². The largest absolute Gasteiger partial charge is 0.484 e. The summed E-state index contributed by atoms with van der Waals surface area (Å²) in [6.07, 6.45) is 4.48. The van der Waals surface area contributed by atoms with Crippen LogP contribution in [0.2, 0.25) is 0 Å². The van der Waals surface area contributed by atoms with Gasteiger partial charge in [-0.25, -0.2) is 0 Å². The van der Waals surface area contributed by atoms with Crippen LogP contribution in [-0.4, -0.2) is 44.1 Å². The lowest BCUT2D eigenvalue weighted by molar-refractivity contribution is -0.123. The van der Waals surface area contributed by atoms with E-state index in [2.05, 4.69) is 24.1 Å². The van der Waals surface area contributed by atoms with Gasteiger partial charge in [-0.15, -0.1) is 0 Å². The Hall–Kier alpha value is -2.01. The molecular weight excluding hydrogens is 328 g/mol. The second-order valence-electron chi connectivity index (χ2n) is 7.74. The number of rotatable bonds is 7. The molecule has 1 amide bonds. The highest BCUT2D eigenvalue weighted by molar-refractivity contribution is 5.84. The standard InChI is InChI=1S/C21H30N2O3/c1-14(2)18(23(3)4)12-22-21(24)13-25-15-9-10-20-17(11-15)16-7-5-6-8-19(16)26-20/h9-11,14,18H,5-8,12-13H2,1-4H3,(H,22,24). The average Bonchev–Trinajstić information content (AvgIpc) is 2.97. The molecule has 2 aromatic rings. The van der Waals surface area contributed by atoms with Gasteiger partial charge in [0.25, 0.3) is 5.91 Å². The third kappa shape index (κ3) is 4.21. The summed E-state index contributed by atoms with van der Waals surface area (Å²) in [4.78, 5) is 14.3. The number of hydrogen-bond donors (Lipinski definition) is 1. The molecule has 0 aliphatic heterocycles. The lowest BCUT2D eigenvalue weighted by atomic mass is 9.96. The van der Waals surface area contributed by atoms with Crippen LogP contribution in [0.3, 0.4) is 0 Å². The van der Waals surface area contributed by atoms with Crippen molar-refractivity contribution >= 4 is 16.9 Å². The van der Waals surface area contributed by atoms with E-state index in [-0.39, 0.29) is 12.5 Å². The first-order chi connectivity index (χ1) is 12.5. The summed E-state index contributed by atoms with van der Waals surface area (Å²) in [7, 11) is 4.07. The summed E-state index contributed by atoms with van der Waals surface area (Å²) < 4.78 is 11.7. The maximum Gasteiger partial charge on any atom is 0.257 e. The van der Waals surface area contributed by atoms with Crippen LogP contribution >= 0.6 is 0 Å². The summed E-state index contributed by atoms with van der Waals surface area (Å²) in [6.45, 7) is 4.98. The van der Waals surface area contributed by atoms with Crippen molar-refractivity contribution < 1.29 is 13.9 Å². The Morgan fingerprint density at radius 3 is 2.77 bits per heavy atom. The molecule has 26 heavy (non-hydrogen) atoms. The molecule has 0 saturated heterocycles. The fourth-order valence-corrected chi connectivity index (χ4v) is 3.76. The van der Waals surface area contributed by atoms with Crippen LogP contribution < -0.4 is 10.1 Å². The molecule has 3 rings (SSSR count). The number of carbonyl (C=O) groups is 1. The summed E-state index contributed by atoms with van der Waals surface area (Å²) >= 11 is 0. The number of nitrogens with zero attached hydrogens (tertiary/aromatic N) is 1. The van der Waals surface area contributed by atoms with Gasteiger partial charge in [0.2, 0.25) is 0 Å². The molecule has 1 heterocycles. The highest BCUT2D eigenvalue weighted by Gasteiger charge is 2.19. The van der Waals surface area contributed by atoms with Crippen molar-refractivity contribution in [1.29, 1.82) is 0 Å². The van der Waals surface area contributed by atoms with E-state index < -0.39 is 0 Å². The van der Waals surface area contributed by atoms with Gasteiger partial charge in [-0.1, -0.05) is 13.8 Å². The van der Waals surface area contributed by atoms with Gasteiger partial charge in [-0.2, -0.15) is 0 Å². The van der Waals surface area contributed by atoms with Gasteiger partial charge in [0.15, 0.2) is 6.61 Å². The van der Waals surface area contributed by atoms with Crippen molar-refractivity contribution in [2.75, 3.05) is 27.2 Å². The molecule has 1 N–H and O–H groups in total. The zero-order valence-corrected chi connectivity index (χ0v) is 16.3. The number of fused-ring (bicyclic) bond motifs is 3. The Morgan fingerprint density at radius 2 is 2.04 bits per heavy atom. The van der Waals surface area contributed by atoms with Crippen LogP contribution in [0.5, 0.6) is 5.75 Å². The quantitative estimate of drug-likeness (QED) is 0.824. The molecule has 0 bridgehead atoms. The number of aryl methyl sites for hydroxylation is 2. The lowest BCUT2D eigenvalue weighted by Gasteiger charge is -2.28. The second kappa shape index (κ2) is 8.12. The molecule has 5 nitrogen and oxygen atoms in total. The molecule has 0 fully saturated rings. The SMILES string of the molecule is CC(C)C(CNC(=O)COc1ccc2oc3c(c2c1)CCCC3)N(C)C. The van der Waals surface area contributed by atoms with E-state index in [4.69, 9.17) is 9.15 Å². The van der Waals surface area contributed by atoms with Crippen molar-refractivity contribution in [3.63, 3.8) is 0 Å². The highest BCUT2D eigenvalue weighted by Crippen LogP contribution is 2.33. The Morgan fingerprint density at radius 1 is 1.27 bits per heavy atom. The van der Waals surface area contributed by atoms with Gasteiger partial charge in [0.05, 0.1) is 0 Å². The fraction of sp³-hybridized carbons (Fsp3) is 0.571. The Bertz CT molecular complexity index is 756. The molecule has 1 aromatic carbocycles. The number of benzene rings is 1. The molecule has 1 aromatic heterocycles. The van der Waals surface area contributed by atoms with Gasteiger partial charge in [-0.05, 0) is 57.5 Å². The summed E-state index contributed by atoms with van der Waals surface area (Å²) in [6, 6.07) is 6.14. The number of nitrogens with one attached hydrogen (secondary N) is 1. The van der Waals surface area contributed by atoms with Crippen molar-refractivity contribution in [3.8, 4) is 5.75 Å². The maximum absolute atomic E-state index is 12.1. The van der Waals surface area contributed by atoms with E-state index >= 15 is 0 Å². The van der Waals surface area contributed by atoms with Crippen molar-refractivity contribution in [2.24, 2.45) is 5.92 Å². The predicted molar refractivity (Wildman–Crippen MR) is 104 cm³/mol. The minimum atomic E-state index is -0.0909. The second-order valence-corrected chi connectivity index (χ2v) is 7.74. The van der Waals surface area contributed by atoms with Crippen LogP contribution in [-0.2, 0) is 17.6 Å². The average molecular weight is 358 g/mol. The molecule has 1 aliphatic carbocycles. The monoisotopic (exact) mass is 358 g/mol. The third-order valence-corrected chi connectivity index (χ3v) is 5.24. The van der Waals surface area contributed by atoms with Crippen LogP contribution in [0.15, 0.2) is 22.6 Å². The smallest absolute Gasteiger partial charge is 0.257 e. The number of likely N-dealkylation sites (N-methyl/N-ethyl adjacent to an activating group) is 1. The van der Waals surface area contributed by atoms with E-state index in [1.165, 1.54) is 18.4 Å². The topological polar surface area (TPSA) is 54.7 Å². The van der Waals surface area contributed by atoms with Crippen molar-refractivity contribution in [3.05, 3.63) is 29.5 Å². The Balaban J connectivity index is 1.58. The number of furan rings is 1. The van der Waals surface area contributed by atoms with E-state index in [1.54, 1.807) is 0 Å². The molecule has 0 saturated carbocycles. The molecule has 1 atom stereocenters. The van der Waals surface area contributed by atoms with Gasteiger partial charge < -0.3 is 19.4 Å². The summed E-state index contributed by atoms with van der Waals surface area (Å²) in [5.74, 6) is 2.21. The van der Waals surface area contributed by atoms with Crippen molar-refractivity contribution in [2.45, 2.75) is 45.6 Å². The summed E-state index contributed by atoms with van der Waals surface area (Å²) in [5.41, 5.74) is 2.23. The molecule has 1 unspecified atom stereocenters. The van der Waals surface area contributed by atoms with Gasteiger partial charge >= 0.3 is 0 Å². The molecule has 142 valence electrons. The Labute approximate surface area is 155 Å². The number of ether oxygens (including phenoxy) is 1. The first-order valence-corrected chi connectivity index (χ1v) is 9.56. The predicted octanol–water partition coefficient (Wildman–Crippen LogP) is 3.39. The molecule has 0 radical (unpaired) electrons. The zero-order chi connectivity index (χ0) is 18.7. The zero-order valence-electron chi connectivity index (χ0n) is 16.3. The minimum Gasteiger partial charge on any atom is -0.484 e. The minimum absolute atomic E-state index is 0.0315. The maximum atomic E-state index is 12.1.